The van der Waals surface area contributed by atoms with Crippen molar-refractivity contribution in [2.45, 2.75) is 25.7 Å². The van der Waals surface area contributed by atoms with Gasteiger partial charge < -0.3 is 19.7 Å². The lowest BCUT2D eigenvalue weighted by Gasteiger charge is -2.34. The minimum absolute atomic E-state index is 0.0249. The number of fused-ring (bicyclic) bond motifs is 9. The van der Waals surface area contributed by atoms with E-state index >= 15 is 0 Å². The third kappa shape index (κ3) is 4.44. The Morgan fingerprint density at radius 3 is 2.02 bits per heavy atom. The van der Waals surface area contributed by atoms with Gasteiger partial charge in [-0.25, -0.2) is 0 Å². The minimum Gasteiger partial charge on any atom is -0.491 e. The molecule has 228 valence electrons. The standard InChI is InChI=1S/C42H36O4/c1-26-21-30(7-13-40(26)45-19-17-43)42(31-8-14-41(27(2)22-31)46-20-18-44)16-15-29-24-38-35-10-9-33-32-6-4-3-5-28(32)23-37(33)34(35)11-12-36(38)39(29)25-42/h3-16,21-22,24-25,43-44H,17-20,23H2,1-2H3. The van der Waals surface area contributed by atoms with E-state index in [1.165, 1.54) is 55.3 Å². The molecular weight excluding hydrogens is 568 g/mol. The Morgan fingerprint density at radius 1 is 0.696 bits per heavy atom. The van der Waals surface area contributed by atoms with Crippen molar-refractivity contribution in [1.82, 2.24) is 0 Å². The zero-order valence-electron chi connectivity index (χ0n) is 26.1. The molecule has 5 aromatic rings. The first-order valence-electron chi connectivity index (χ1n) is 16.0. The first-order chi connectivity index (χ1) is 22.5. The Bertz CT molecular complexity index is 2070. The zero-order chi connectivity index (χ0) is 31.4. The van der Waals surface area contributed by atoms with Crippen LogP contribution in [-0.2, 0) is 11.8 Å². The number of ether oxygens (including phenoxy) is 2. The van der Waals surface area contributed by atoms with E-state index in [9.17, 15) is 10.2 Å². The van der Waals surface area contributed by atoms with Gasteiger partial charge in [-0.1, -0.05) is 91.0 Å². The SMILES string of the molecule is Cc1cc(C2(c3ccc(OCCO)c(C)c3)C=CC3=Cc4c(ccc5c6c(ccc45)-c4ccccc4C6)C3=C2)ccc1OCCO. The molecule has 46 heavy (non-hydrogen) atoms. The quantitative estimate of drug-likeness (QED) is 0.184. The summed E-state index contributed by atoms with van der Waals surface area (Å²) in [6.07, 6.45) is 10.3. The lowest BCUT2D eigenvalue weighted by molar-refractivity contribution is 0.200. The number of benzene rings is 5. The molecule has 3 aliphatic rings. The Kier molecular flexibility index (Phi) is 6.93. The van der Waals surface area contributed by atoms with Crippen molar-refractivity contribution in [2.75, 3.05) is 26.4 Å². The van der Waals surface area contributed by atoms with Crippen LogP contribution in [0.25, 0.3) is 33.5 Å². The Labute approximate surface area is 269 Å². The van der Waals surface area contributed by atoms with Gasteiger partial charge in [-0.2, -0.15) is 0 Å². The van der Waals surface area contributed by atoms with Crippen LogP contribution in [0, 0.1) is 13.8 Å². The molecule has 0 bridgehead atoms. The molecule has 4 nitrogen and oxygen atoms in total. The van der Waals surface area contributed by atoms with Crippen molar-refractivity contribution in [3.63, 3.8) is 0 Å². The van der Waals surface area contributed by atoms with E-state index in [2.05, 4.69) is 111 Å². The van der Waals surface area contributed by atoms with Gasteiger partial charge >= 0.3 is 0 Å². The third-order valence-corrected chi connectivity index (χ3v) is 9.83. The van der Waals surface area contributed by atoms with Crippen molar-refractivity contribution in [1.29, 1.82) is 0 Å². The second kappa shape index (κ2) is 11.2. The zero-order valence-corrected chi connectivity index (χ0v) is 26.1. The monoisotopic (exact) mass is 604 g/mol. The predicted molar refractivity (Wildman–Crippen MR) is 186 cm³/mol. The highest BCUT2D eigenvalue weighted by atomic mass is 16.5. The van der Waals surface area contributed by atoms with Gasteiger partial charge in [-0.05, 0) is 116 Å². The molecule has 0 amide bonds. The number of aryl methyl sites for hydroxylation is 2. The average molecular weight is 605 g/mol. The first-order valence-corrected chi connectivity index (χ1v) is 16.0. The van der Waals surface area contributed by atoms with Crippen molar-refractivity contribution in [3.8, 4) is 22.6 Å². The highest BCUT2D eigenvalue weighted by Crippen LogP contribution is 2.50. The maximum Gasteiger partial charge on any atom is 0.122 e. The third-order valence-electron chi connectivity index (χ3n) is 9.83. The molecule has 0 aromatic heterocycles. The van der Waals surface area contributed by atoms with Crippen molar-refractivity contribution >= 4 is 22.4 Å². The molecule has 8 rings (SSSR count). The van der Waals surface area contributed by atoms with Gasteiger partial charge in [-0.15, -0.1) is 0 Å². The smallest absolute Gasteiger partial charge is 0.122 e. The Morgan fingerprint density at radius 2 is 1.35 bits per heavy atom. The molecular formula is C42H36O4. The van der Waals surface area contributed by atoms with Gasteiger partial charge in [-0.3, -0.25) is 0 Å². The van der Waals surface area contributed by atoms with Gasteiger partial charge in [0.25, 0.3) is 0 Å². The number of hydrogen-bond acceptors (Lipinski definition) is 4. The fourth-order valence-corrected chi connectivity index (χ4v) is 7.61. The second-order valence-corrected chi connectivity index (χ2v) is 12.5. The molecule has 5 aromatic carbocycles. The van der Waals surface area contributed by atoms with E-state index in [-0.39, 0.29) is 26.4 Å². The van der Waals surface area contributed by atoms with Gasteiger partial charge in [0, 0.05) is 0 Å². The summed E-state index contributed by atoms with van der Waals surface area (Å²) in [5.74, 6) is 1.55. The molecule has 3 aliphatic carbocycles. The lowest BCUT2D eigenvalue weighted by Crippen LogP contribution is -2.25. The molecule has 0 radical (unpaired) electrons. The van der Waals surface area contributed by atoms with Crippen LogP contribution in [-0.4, -0.2) is 36.6 Å². The minimum atomic E-state index is -0.538. The molecule has 0 unspecified atom stereocenters. The highest BCUT2D eigenvalue weighted by molar-refractivity contribution is 6.09. The summed E-state index contributed by atoms with van der Waals surface area (Å²) in [5, 5.41) is 21.3. The first kappa shape index (κ1) is 28.6. The van der Waals surface area contributed by atoms with Crippen molar-refractivity contribution < 1.29 is 19.7 Å². The fraction of sp³-hybridized carbons (Fsp3) is 0.190. The van der Waals surface area contributed by atoms with Crippen LogP contribution in [0.4, 0.5) is 0 Å². The molecule has 0 heterocycles. The fourth-order valence-electron chi connectivity index (χ4n) is 7.61. The van der Waals surface area contributed by atoms with Crippen LogP contribution in [0.5, 0.6) is 11.5 Å². The summed E-state index contributed by atoms with van der Waals surface area (Å²) in [6, 6.07) is 30.7. The molecule has 2 N–H and O–H groups in total. The van der Waals surface area contributed by atoms with Crippen LogP contribution in [0.15, 0.2) is 109 Å². The van der Waals surface area contributed by atoms with Crippen molar-refractivity contribution in [2.24, 2.45) is 0 Å². The van der Waals surface area contributed by atoms with E-state index < -0.39 is 5.41 Å². The molecule has 0 saturated heterocycles. The molecule has 0 fully saturated rings. The van der Waals surface area contributed by atoms with E-state index in [1.807, 2.05) is 12.1 Å². The number of rotatable bonds is 8. The lowest BCUT2D eigenvalue weighted by atomic mass is 9.69. The Balaban J connectivity index is 1.28. The number of hydrogen-bond donors (Lipinski definition) is 2. The number of aliphatic hydroxyl groups is 2. The van der Waals surface area contributed by atoms with Gasteiger partial charge in [0.1, 0.15) is 24.7 Å². The molecule has 0 aliphatic heterocycles. The summed E-state index contributed by atoms with van der Waals surface area (Å²) in [7, 11) is 0. The van der Waals surface area contributed by atoms with Crippen LogP contribution >= 0.6 is 0 Å². The van der Waals surface area contributed by atoms with Gasteiger partial charge in [0.15, 0.2) is 0 Å². The van der Waals surface area contributed by atoms with E-state index in [1.54, 1.807) is 0 Å². The Hall–Kier alpha value is -4.90. The summed E-state index contributed by atoms with van der Waals surface area (Å²) >= 11 is 0. The average Bonchev–Trinajstić information content (AvgIpc) is 3.65. The molecule has 0 spiro atoms. The summed E-state index contributed by atoms with van der Waals surface area (Å²) in [5.41, 5.74) is 14.3. The number of allylic oxidation sites excluding steroid dienone is 5. The number of aliphatic hydroxyl groups excluding tert-OH is 2. The maximum atomic E-state index is 9.32. The molecule has 0 atom stereocenters. The topological polar surface area (TPSA) is 58.9 Å². The van der Waals surface area contributed by atoms with Crippen LogP contribution < -0.4 is 9.47 Å². The van der Waals surface area contributed by atoms with Crippen LogP contribution in [0.3, 0.4) is 0 Å². The van der Waals surface area contributed by atoms with E-state index in [0.717, 1.165) is 40.2 Å². The van der Waals surface area contributed by atoms with Crippen LogP contribution in [0.2, 0.25) is 0 Å². The normalized spacial score (nSPS) is 15.1. The molecule has 4 heteroatoms. The molecule has 0 saturated carbocycles. The summed E-state index contributed by atoms with van der Waals surface area (Å²) < 4.78 is 11.6. The van der Waals surface area contributed by atoms with Gasteiger partial charge in [0.2, 0.25) is 0 Å². The largest absolute Gasteiger partial charge is 0.491 e. The predicted octanol–water partition coefficient (Wildman–Crippen LogP) is 8.11. The van der Waals surface area contributed by atoms with Crippen LogP contribution in [0.1, 0.15) is 44.5 Å². The second-order valence-electron chi connectivity index (χ2n) is 12.5. The maximum absolute atomic E-state index is 9.32. The van der Waals surface area contributed by atoms with Gasteiger partial charge in [0.05, 0.1) is 18.6 Å². The summed E-state index contributed by atoms with van der Waals surface area (Å²) in [6.45, 7) is 4.58. The summed E-state index contributed by atoms with van der Waals surface area (Å²) in [4.78, 5) is 0. The highest BCUT2D eigenvalue weighted by Gasteiger charge is 2.36. The van der Waals surface area contributed by atoms with E-state index in [0.29, 0.717) is 0 Å². The van der Waals surface area contributed by atoms with Crippen molar-refractivity contribution in [3.05, 3.63) is 153 Å². The van der Waals surface area contributed by atoms with E-state index in [4.69, 9.17) is 9.47 Å².